The molecule has 13 heteroatoms. The fourth-order valence-electron chi connectivity index (χ4n) is 6.27. The fourth-order valence-corrected chi connectivity index (χ4v) is 6.27. The van der Waals surface area contributed by atoms with E-state index in [4.69, 9.17) is 9.47 Å². The first-order valence-electron chi connectivity index (χ1n) is 19.0. The molecule has 0 unspecified atom stereocenters. The summed E-state index contributed by atoms with van der Waals surface area (Å²) in [5.41, 5.74) is 2.72. The molecule has 0 aliphatic heterocycles. The van der Waals surface area contributed by atoms with Gasteiger partial charge in [-0.05, 0) is 59.6 Å². The van der Waals surface area contributed by atoms with Crippen LogP contribution >= 0.6 is 0 Å². The van der Waals surface area contributed by atoms with Gasteiger partial charge in [-0.2, -0.15) is 0 Å². The van der Waals surface area contributed by atoms with Crippen molar-refractivity contribution in [1.29, 1.82) is 0 Å². The van der Waals surface area contributed by atoms with Gasteiger partial charge in [-0.1, -0.05) is 108 Å². The van der Waals surface area contributed by atoms with Crippen molar-refractivity contribution in [3.05, 3.63) is 120 Å². The van der Waals surface area contributed by atoms with E-state index in [1.807, 2.05) is 99.6 Å². The summed E-state index contributed by atoms with van der Waals surface area (Å²) in [6.45, 7) is 11.0. The lowest BCUT2D eigenvalue weighted by molar-refractivity contribution is -0.136. The van der Waals surface area contributed by atoms with Crippen LogP contribution in [-0.2, 0) is 38.4 Å². The maximum atomic E-state index is 14.1. The van der Waals surface area contributed by atoms with Crippen LogP contribution in [0.25, 0.3) is 11.3 Å². The van der Waals surface area contributed by atoms with Crippen molar-refractivity contribution >= 4 is 24.0 Å². The van der Waals surface area contributed by atoms with E-state index < -0.39 is 65.2 Å². The Hall–Kier alpha value is -5.82. The number of methoxy groups -OCH3 is 1. The zero-order valence-electron chi connectivity index (χ0n) is 33.8. The predicted octanol–water partition coefficient (Wildman–Crippen LogP) is 5.76. The Labute approximate surface area is 335 Å². The molecule has 0 saturated carbocycles. The average molecular weight is 781 g/mol. The lowest BCUT2D eigenvalue weighted by atomic mass is 9.85. The molecule has 4 amide bonds. The summed E-state index contributed by atoms with van der Waals surface area (Å²) in [7, 11) is 1.23. The molecule has 13 nitrogen and oxygen atoms in total. The molecule has 304 valence electrons. The first-order valence-corrected chi connectivity index (χ1v) is 19.0. The minimum atomic E-state index is -1.22. The summed E-state index contributed by atoms with van der Waals surface area (Å²) in [6, 6.07) is 23.9. The molecular weight excluding hydrogens is 725 g/mol. The number of benzene rings is 2. The van der Waals surface area contributed by atoms with Gasteiger partial charge in [-0.3, -0.25) is 19.6 Å². The quantitative estimate of drug-likeness (QED) is 0.0945. The third kappa shape index (κ3) is 14.0. The van der Waals surface area contributed by atoms with Crippen molar-refractivity contribution in [2.45, 2.75) is 97.7 Å². The summed E-state index contributed by atoms with van der Waals surface area (Å²) >= 11 is 0. The third-order valence-electron chi connectivity index (χ3n) is 9.34. The minimum absolute atomic E-state index is 0.0211. The molecule has 0 spiro atoms. The van der Waals surface area contributed by atoms with E-state index in [2.05, 4.69) is 31.2 Å². The zero-order valence-corrected chi connectivity index (χ0v) is 33.8. The molecule has 5 atom stereocenters. The zero-order chi connectivity index (χ0) is 41.6. The van der Waals surface area contributed by atoms with Gasteiger partial charge in [0.15, 0.2) is 6.10 Å². The second kappa shape index (κ2) is 20.4. The maximum absolute atomic E-state index is 14.1. The van der Waals surface area contributed by atoms with E-state index in [1.54, 1.807) is 45.4 Å². The third-order valence-corrected chi connectivity index (χ3v) is 9.34. The molecule has 2 aromatic heterocycles. The molecule has 4 aromatic rings. The summed E-state index contributed by atoms with van der Waals surface area (Å²) in [6.07, 6.45) is 1.62. The summed E-state index contributed by atoms with van der Waals surface area (Å²) in [5, 5.41) is 23.4. The number of carbonyl (C=O) groups excluding carboxylic acids is 4. The second-order valence-electron chi connectivity index (χ2n) is 16.2. The number of alkyl carbamates (subject to hydrolysis) is 2. The van der Waals surface area contributed by atoms with E-state index >= 15 is 0 Å². The number of pyridine rings is 2. The van der Waals surface area contributed by atoms with Crippen LogP contribution in [0.2, 0.25) is 0 Å². The van der Waals surface area contributed by atoms with E-state index in [0.717, 1.165) is 27.9 Å². The molecule has 5 N–H and O–H groups in total. The Bertz CT molecular complexity index is 1880. The number of nitrogens with one attached hydrogen (secondary N) is 4. The van der Waals surface area contributed by atoms with Crippen LogP contribution in [0.15, 0.2) is 104 Å². The number of rotatable bonds is 16. The SMILES string of the molecule is COC(=O)N[C@H](C(=O)N[C@@H](Cc1ccc(-c2ccccn2)cc1)C[C@H](O)[C@H](Cc1ccccc1)NC(=O)[C@@H](OC(=O)NCc1cccnc1)C(C)(C)C)C(C)(C)C. The number of carbonyl (C=O) groups is 4. The summed E-state index contributed by atoms with van der Waals surface area (Å²) in [4.78, 5) is 61.8. The van der Waals surface area contributed by atoms with Gasteiger partial charge in [-0.25, -0.2) is 9.59 Å². The van der Waals surface area contributed by atoms with Crippen LogP contribution in [-0.4, -0.2) is 76.5 Å². The molecule has 0 radical (unpaired) electrons. The van der Waals surface area contributed by atoms with Crippen LogP contribution < -0.4 is 21.3 Å². The van der Waals surface area contributed by atoms with Crippen LogP contribution in [0.3, 0.4) is 0 Å². The summed E-state index contributed by atoms with van der Waals surface area (Å²) in [5.74, 6) is -1.04. The number of aliphatic hydroxyl groups is 1. The average Bonchev–Trinajstić information content (AvgIpc) is 3.18. The van der Waals surface area contributed by atoms with Crippen molar-refractivity contribution in [2.24, 2.45) is 10.8 Å². The molecule has 0 fully saturated rings. The normalized spacial score (nSPS) is 14.2. The van der Waals surface area contributed by atoms with Crippen LogP contribution in [0, 0.1) is 10.8 Å². The summed E-state index contributed by atoms with van der Waals surface area (Å²) < 4.78 is 10.5. The lowest BCUT2D eigenvalue weighted by Gasteiger charge is -2.34. The van der Waals surface area contributed by atoms with Crippen molar-refractivity contribution in [3.63, 3.8) is 0 Å². The number of ether oxygens (including phenoxy) is 2. The molecule has 0 aliphatic carbocycles. The van der Waals surface area contributed by atoms with E-state index in [0.29, 0.717) is 6.42 Å². The molecule has 2 heterocycles. The van der Waals surface area contributed by atoms with Gasteiger partial charge in [-0.15, -0.1) is 0 Å². The van der Waals surface area contributed by atoms with Crippen LogP contribution in [0.1, 0.15) is 64.7 Å². The van der Waals surface area contributed by atoms with E-state index in [1.165, 1.54) is 7.11 Å². The van der Waals surface area contributed by atoms with E-state index in [-0.39, 0.29) is 19.4 Å². The van der Waals surface area contributed by atoms with Crippen molar-refractivity contribution < 1.29 is 33.8 Å². The largest absolute Gasteiger partial charge is 0.453 e. The number of nitrogens with zero attached hydrogens (tertiary/aromatic N) is 2. The lowest BCUT2D eigenvalue weighted by Crippen LogP contribution is -2.57. The number of hydrogen-bond donors (Lipinski definition) is 5. The Kier molecular flexibility index (Phi) is 15.7. The monoisotopic (exact) mass is 780 g/mol. The van der Waals surface area contributed by atoms with Gasteiger partial charge in [0, 0.05) is 42.2 Å². The van der Waals surface area contributed by atoms with Gasteiger partial charge < -0.3 is 35.8 Å². The molecular formula is C44H56N6O7. The minimum Gasteiger partial charge on any atom is -0.453 e. The van der Waals surface area contributed by atoms with Gasteiger partial charge in [0.2, 0.25) is 5.91 Å². The highest BCUT2D eigenvalue weighted by atomic mass is 16.6. The Balaban J connectivity index is 1.60. The Morgan fingerprint density at radius 1 is 0.702 bits per heavy atom. The number of hydrogen-bond acceptors (Lipinski definition) is 9. The van der Waals surface area contributed by atoms with E-state index in [9.17, 15) is 24.3 Å². The smallest absolute Gasteiger partial charge is 0.408 e. The highest BCUT2D eigenvalue weighted by Gasteiger charge is 2.38. The maximum Gasteiger partial charge on any atom is 0.408 e. The molecule has 0 aliphatic rings. The van der Waals surface area contributed by atoms with Gasteiger partial charge >= 0.3 is 12.2 Å². The highest BCUT2D eigenvalue weighted by molar-refractivity contribution is 5.87. The molecule has 0 bridgehead atoms. The van der Waals surface area contributed by atoms with Gasteiger partial charge in [0.05, 0.1) is 24.9 Å². The van der Waals surface area contributed by atoms with Crippen molar-refractivity contribution in [2.75, 3.05) is 7.11 Å². The molecule has 2 aromatic carbocycles. The predicted molar refractivity (Wildman–Crippen MR) is 218 cm³/mol. The number of amides is 4. The first kappa shape index (κ1) is 43.9. The Morgan fingerprint density at radius 3 is 1.96 bits per heavy atom. The standard InChI is InChI=1S/C44H56N6O7/c1-43(2,3)37(50-42(55)56-7)39(52)48-33(24-30-18-20-32(21-19-30)34-17-11-12-23-46-34)26-36(51)35(25-29-14-9-8-10-15-29)49-40(53)38(44(4,5)6)57-41(54)47-28-31-16-13-22-45-27-31/h8-23,27,33,35-38,51H,24-26,28H2,1-7H3,(H,47,54)(H,48,52)(H,49,53)(H,50,55)/t33-,35-,36-,37+,38+/m0/s1. The first-order chi connectivity index (χ1) is 27.0. The number of aromatic nitrogens is 2. The molecule has 0 saturated heterocycles. The van der Waals surface area contributed by atoms with Gasteiger partial charge in [0.25, 0.3) is 5.91 Å². The topological polar surface area (TPSA) is 181 Å². The van der Waals surface area contributed by atoms with Crippen LogP contribution in [0.5, 0.6) is 0 Å². The van der Waals surface area contributed by atoms with Crippen LogP contribution in [0.4, 0.5) is 9.59 Å². The van der Waals surface area contributed by atoms with Crippen molar-refractivity contribution in [1.82, 2.24) is 31.2 Å². The second-order valence-corrected chi connectivity index (χ2v) is 16.2. The van der Waals surface area contributed by atoms with Crippen molar-refractivity contribution in [3.8, 4) is 11.3 Å². The Morgan fingerprint density at radius 2 is 1.37 bits per heavy atom. The van der Waals surface area contributed by atoms with Gasteiger partial charge in [0.1, 0.15) is 6.04 Å². The fraction of sp³-hybridized carbons (Fsp3) is 0.409. The highest BCUT2D eigenvalue weighted by Crippen LogP contribution is 2.25. The number of aliphatic hydroxyl groups excluding tert-OH is 1. The molecule has 4 rings (SSSR count). The molecule has 57 heavy (non-hydrogen) atoms.